The number of sulfone groups is 1. The van der Waals surface area contributed by atoms with E-state index in [0.29, 0.717) is 5.69 Å². The van der Waals surface area contributed by atoms with Crippen LogP contribution in [0.25, 0.3) is 0 Å². The lowest BCUT2D eigenvalue weighted by molar-refractivity contribution is -0.411. The molecule has 0 heterocycles. The van der Waals surface area contributed by atoms with Crippen LogP contribution in [0.1, 0.15) is 0 Å². The van der Waals surface area contributed by atoms with Crippen molar-refractivity contribution in [1.29, 1.82) is 0 Å². The topological polar surface area (TPSA) is 89.3 Å². The van der Waals surface area contributed by atoms with Crippen molar-refractivity contribution in [2.45, 2.75) is 4.90 Å². The quantitative estimate of drug-likeness (QED) is 0.677. The Bertz CT molecular complexity index is 756. The summed E-state index contributed by atoms with van der Waals surface area (Å²) in [5, 5.41) is 12.8. The summed E-state index contributed by atoms with van der Waals surface area (Å²) in [4.78, 5) is 10.0. The van der Waals surface area contributed by atoms with E-state index in [0.717, 1.165) is 6.20 Å². The van der Waals surface area contributed by atoms with Gasteiger partial charge in [-0.05, 0) is 24.3 Å². The summed E-state index contributed by atoms with van der Waals surface area (Å²) in [5.41, 5.74) is 0.556. The van der Waals surface area contributed by atoms with Crippen LogP contribution in [0, 0.1) is 10.1 Å². The molecule has 21 heavy (non-hydrogen) atoms. The first-order valence-corrected chi connectivity index (χ1v) is 7.46. The Hall–Kier alpha value is -2.67. The van der Waals surface area contributed by atoms with Crippen molar-refractivity contribution >= 4 is 15.5 Å². The molecule has 0 saturated heterocycles. The second-order valence-electron chi connectivity index (χ2n) is 4.07. The second-order valence-corrected chi connectivity index (χ2v) is 5.96. The molecule has 0 unspecified atom stereocenters. The fourth-order valence-electron chi connectivity index (χ4n) is 1.63. The van der Waals surface area contributed by atoms with Gasteiger partial charge in [0.2, 0.25) is 0 Å². The molecule has 0 aliphatic heterocycles. The van der Waals surface area contributed by atoms with E-state index in [1.807, 2.05) is 0 Å². The zero-order valence-corrected chi connectivity index (χ0v) is 11.7. The lowest BCUT2D eigenvalue weighted by atomic mass is 10.3. The molecule has 0 bridgehead atoms. The van der Waals surface area contributed by atoms with Crippen LogP contribution in [0.4, 0.5) is 5.69 Å². The summed E-state index contributed by atoms with van der Waals surface area (Å²) in [6.07, 6.45) is 0.887. The first-order valence-electron chi connectivity index (χ1n) is 5.98. The third-order valence-corrected chi connectivity index (χ3v) is 4.36. The predicted octanol–water partition coefficient (Wildman–Crippen LogP) is 2.65. The van der Waals surface area contributed by atoms with Crippen LogP contribution >= 0.6 is 0 Å². The molecule has 0 radical (unpaired) electrons. The third-order valence-electron chi connectivity index (χ3n) is 2.64. The number of nitro groups is 1. The molecule has 0 saturated carbocycles. The number of hydrogen-bond donors (Lipinski definition) is 1. The van der Waals surface area contributed by atoms with E-state index < -0.39 is 19.8 Å². The number of nitrogens with zero attached hydrogens (tertiary/aromatic N) is 1. The molecule has 1 N–H and O–H groups in total. The van der Waals surface area contributed by atoms with Gasteiger partial charge in [0.25, 0.3) is 9.84 Å². The molecule has 0 spiro atoms. The lowest BCUT2D eigenvalue weighted by Crippen LogP contribution is -2.14. The Morgan fingerprint density at radius 2 is 1.52 bits per heavy atom. The van der Waals surface area contributed by atoms with Crippen molar-refractivity contribution in [3.8, 4) is 0 Å². The van der Waals surface area contributed by atoms with Gasteiger partial charge in [-0.25, -0.2) is 8.42 Å². The van der Waals surface area contributed by atoms with Gasteiger partial charge in [-0.3, -0.25) is 10.1 Å². The van der Waals surface area contributed by atoms with Crippen LogP contribution in [0.15, 0.2) is 76.8 Å². The van der Waals surface area contributed by atoms with Crippen molar-refractivity contribution in [3.05, 3.63) is 82.0 Å². The lowest BCUT2D eigenvalue weighted by Gasteiger charge is -2.03. The standard InChI is InChI=1S/C14H12N2O4S/c17-16(18)14(11-15-12-7-3-1-4-8-12)21(19,20)13-9-5-2-6-10-13/h1-11,15H/b14-11+. The second kappa shape index (κ2) is 6.19. The number of para-hydroxylation sites is 1. The molecule has 0 aliphatic rings. The summed E-state index contributed by atoms with van der Waals surface area (Å²) < 4.78 is 24.5. The van der Waals surface area contributed by atoms with E-state index in [-0.39, 0.29) is 4.90 Å². The van der Waals surface area contributed by atoms with Crippen molar-refractivity contribution in [1.82, 2.24) is 0 Å². The van der Waals surface area contributed by atoms with Gasteiger partial charge >= 0.3 is 5.03 Å². The van der Waals surface area contributed by atoms with Gasteiger partial charge in [-0.2, -0.15) is 0 Å². The zero-order valence-electron chi connectivity index (χ0n) is 10.8. The van der Waals surface area contributed by atoms with E-state index in [9.17, 15) is 18.5 Å². The number of benzene rings is 2. The van der Waals surface area contributed by atoms with E-state index in [2.05, 4.69) is 5.32 Å². The smallest absolute Gasteiger partial charge is 0.355 e. The number of anilines is 1. The van der Waals surface area contributed by atoms with Crippen LogP contribution < -0.4 is 5.32 Å². The zero-order chi connectivity index (χ0) is 15.3. The van der Waals surface area contributed by atoms with Crippen LogP contribution in [0.2, 0.25) is 0 Å². The maximum Gasteiger partial charge on any atom is 0.379 e. The first-order chi connectivity index (χ1) is 10.0. The largest absolute Gasteiger partial charge is 0.379 e. The minimum absolute atomic E-state index is 0.122. The van der Waals surface area contributed by atoms with Crippen LogP contribution in [0.5, 0.6) is 0 Å². The molecular formula is C14H12N2O4S. The Morgan fingerprint density at radius 1 is 1.00 bits per heavy atom. The molecule has 2 rings (SSSR count). The summed E-state index contributed by atoms with van der Waals surface area (Å²) in [7, 11) is -4.17. The molecule has 0 fully saturated rings. The number of hydrogen-bond acceptors (Lipinski definition) is 5. The highest BCUT2D eigenvalue weighted by Gasteiger charge is 2.31. The van der Waals surface area contributed by atoms with Crippen molar-refractivity contribution in [2.24, 2.45) is 0 Å². The maximum atomic E-state index is 12.2. The first kappa shape index (κ1) is 14.7. The van der Waals surface area contributed by atoms with E-state index >= 15 is 0 Å². The fraction of sp³-hybridized carbons (Fsp3) is 0. The van der Waals surface area contributed by atoms with Gasteiger partial charge in [0.05, 0.1) is 16.0 Å². The van der Waals surface area contributed by atoms with E-state index in [1.165, 1.54) is 24.3 Å². The molecule has 0 amide bonds. The van der Waals surface area contributed by atoms with E-state index in [1.54, 1.807) is 36.4 Å². The summed E-state index contributed by atoms with van der Waals surface area (Å²) in [6, 6.07) is 15.9. The molecule has 7 heteroatoms. The Labute approximate surface area is 121 Å². The Morgan fingerprint density at radius 3 is 2.05 bits per heavy atom. The monoisotopic (exact) mass is 304 g/mol. The van der Waals surface area contributed by atoms with E-state index in [4.69, 9.17) is 0 Å². The summed E-state index contributed by atoms with van der Waals surface area (Å²) in [6.45, 7) is 0. The SMILES string of the molecule is O=[N+]([O-])/C(=C\Nc1ccccc1)S(=O)(=O)c1ccccc1. The predicted molar refractivity (Wildman–Crippen MR) is 78.8 cm³/mol. The molecule has 0 aliphatic carbocycles. The molecule has 108 valence electrons. The minimum Gasteiger partial charge on any atom is -0.355 e. The molecule has 2 aromatic carbocycles. The van der Waals surface area contributed by atoms with Gasteiger partial charge in [-0.15, -0.1) is 0 Å². The number of nitrogens with one attached hydrogen (secondary N) is 1. The highest BCUT2D eigenvalue weighted by atomic mass is 32.2. The van der Waals surface area contributed by atoms with Gasteiger partial charge in [0.15, 0.2) is 0 Å². The molecular weight excluding hydrogens is 292 g/mol. The molecule has 0 aromatic heterocycles. The average molecular weight is 304 g/mol. The highest BCUT2D eigenvalue weighted by Crippen LogP contribution is 2.19. The Balaban J connectivity index is 2.38. The van der Waals surface area contributed by atoms with Crippen LogP contribution in [-0.4, -0.2) is 13.3 Å². The van der Waals surface area contributed by atoms with Crippen molar-refractivity contribution in [3.63, 3.8) is 0 Å². The summed E-state index contributed by atoms with van der Waals surface area (Å²) in [5.74, 6) is 0. The van der Waals surface area contributed by atoms with Gasteiger partial charge in [0, 0.05) is 5.69 Å². The summed E-state index contributed by atoms with van der Waals surface area (Å²) >= 11 is 0. The maximum absolute atomic E-state index is 12.2. The Kier molecular flexibility index (Phi) is 4.34. The highest BCUT2D eigenvalue weighted by molar-refractivity contribution is 7.95. The van der Waals surface area contributed by atoms with Gasteiger partial charge in [-0.1, -0.05) is 36.4 Å². The molecule has 2 aromatic rings. The van der Waals surface area contributed by atoms with Crippen LogP contribution in [0.3, 0.4) is 0 Å². The average Bonchev–Trinajstić information content (AvgIpc) is 2.49. The minimum atomic E-state index is -4.17. The van der Waals surface area contributed by atoms with Crippen molar-refractivity contribution in [2.75, 3.05) is 5.32 Å². The van der Waals surface area contributed by atoms with Crippen LogP contribution in [-0.2, 0) is 9.84 Å². The molecule has 6 nitrogen and oxygen atoms in total. The third kappa shape index (κ3) is 3.46. The number of rotatable bonds is 5. The van der Waals surface area contributed by atoms with Crippen molar-refractivity contribution < 1.29 is 13.3 Å². The van der Waals surface area contributed by atoms with Gasteiger partial charge < -0.3 is 5.32 Å². The normalized spacial score (nSPS) is 11.9. The van der Waals surface area contributed by atoms with Gasteiger partial charge in [0.1, 0.15) is 0 Å². The fourth-order valence-corrected chi connectivity index (χ4v) is 2.80. The molecule has 0 atom stereocenters.